The molecule has 0 fully saturated rings. The zero-order valence-electron chi connectivity index (χ0n) is 12.7. The molecule has 0 saturated heterocycles. The Hall–Kier alpha value is -1.19. The summed E-state index contributed by atoms with van der Waals surface area (Å²) in [6.07, 6.45) is 5.92. The number of benzene rings is 1. The van der Waals surface area contributed by atoms with E-state index in [9.17, 15) is 4.79 Å². The first kappa shape index (κ1) is 15.2. The third kappa shape index (κ3) is 4.43. The third-order valence-electron chi connectivity index (χ3n) is 3.91. The molecule has 2 rings (SSSR count). The van der Waals surface area contributed by atoms with Gasteiger partial charge in [0.1, 0.15) is 0 Å². The zero-order valence-corrected chi connectivity index (χ0v) is 12.7. The van der Waals surface area contributed by atoms with Crippen LogP contribution in [0.3, 0.4) is 0 Å². The van der Waals surface area contributed by atoms with Gasteiger partial charge < -0.3 is 10.2 Å². The molecule has 0 saturated carbocycles. The highest BCUT2D eigenvalue weighted by Gasteiger charge is 2.12. The Balaban J connectivity index is 1.80. The highest BCUT2D eigenvalue weighted by atomic mass is 16.1. The molecule has 0 aliphatic heterocycles. The van der Waals surface area contributed by atoms with Crippen LogP contribution in [0.25, 0.3) is 0 Å². The molecule has 0 heterocycles. The first-order chi connectivity index (χ1) is 9.66. The minimum Gasteiger partial charge on any atom is -0.310 e. The number of Topliss-reactive ketones (excluding diaryl/α,β-unsaturated/α-hetero) is 1. The number of aryl methyl sites for hydroxylation is 2. The van der Waals surface area contributed by atoms with Gasteiger partial charge in [-0.05, 0) is 76.5 Å². The van der Waals surface area contributed by atoms with Crippen molar-refractivity contribution in [3.63, 3.8) is 0 Å². The van der Waals surface area contributed by atoms with Gasteiger partial charge in [-0.3, -0.25) is 4.79 Å². The maximum atomic E-state index is 12.2. The maximum Gasteiger partial charge on any atom is 0.176 e. The monoisotopic (exact) mass is 274 g/mol. The molecule has 110 valence electrons. The van der Waals surface area contributed by atoms with Crippen LogP contribution in [0.2, 0.25) is 0 Å². The molecule has 0 atom stereocenters. The first-order valence-electron chi connectivity index (χ1n) is 7.67. The van der Waals surface area contributed by atoms with Crippen molar-refractivity contribution in [1.29, 1.82) is 0 Å². The summed E-state index contributed by atoms with van der Waals surface area (Å²) in [4.78, 5) is 14.3. The standard InChI is InChI=1S/C17H26N2O/c1-19(2)11-5-10-18-13-17(20)16-9-8-14-6-3-4-7-15(14)12-16/h8-9,12,18H,3-7,10-11,13H2,1-2H3. The van der Waals surface area contributed by atoms with E-state index in [2.05, 4.69) is 36.4 Å². The van der Waals surface area contributed by atoms with Crippen molar-refractivity contribution < 1.29 is 4.79 Å². The van der Waals surface area contributed by atoms with Crippen LogP contribution in [0.4, 0.5) is 0 Å². The van der Waals surface area contributed by atoms with Gasteiger partial charge in [0.25, 0.3) is 0 Å². The Kier molecular flexibility index (Phi) is 5.74. The quantitative estimate of drug-likeness (QED) is 0.611. The highest BCUT2D eigenvalue weighted by Crippen LogP contribution is 2.22. The number of hydrogen-bond donors (Lipinski definition) is 1. The lowest BCUT2D eigenvalue weighted by Crippen LogP contribution is -2.26. The molecular weight excluding hydrogens is 248 g/mol. The lowest BCUT2D eigenvalue weighted by Gasteiger charge is -2.16. The minimum absolute atomic E-state index is 0.211. The van der Waals surface area contributed by atoms with Crippen molar-refractivity contribution in [3.8, 4) is 0 Å². The van der Waals surface area contributed by atoms with E-state index in [4.69, 9.17) is 0 Å². The highest BCUT2D eigenvalue weighted by molar-refractivity contribution is 5.97. The Morgan fingerprint density at radius 3 is 2.70 bits per heavy atom. The second-order valence-corrected chi connectivity index (χ2v) is 5.95. The van der Waals surface area contributed by atoms with Crippen LogP contribution in [-0.4, -0.2) is 44.4 Å². The van der Waals surface area contributed by atoms with Gasteiger partial charge in [-0.1, -0.05) is 12.1 Å². The summed E-state index contributed by atoms with van der Waals surface area (Å²) in [6, 6.07) is 6.25. The lowest BCUT2D eigenvalue weighted by atomic mass is 9.90. The predicted molar refractivity (Wildman–Crippen MR) is 83.5 cm³/mol. The van der Waals surface area contributed by atoms with E-state index in [0.717, 1.165) is 31.5 Å². The van der Waals surface area contributed by atoms with Gasteiger partial charge in [0.05, 0.1) is 6.54 Å². The molecule has 1 aromatic rings. The molecule has 0 spiro atoms. The summed E-state index contributed by atoms with van der Waals surface area (Å²) in [5.41, 5.74) is 3.69. The zero-order chi connectivity index (χ0) is 14.4. The third-order valence-corrected chi connectivity index (χ3v) is 3.91. The molecule has 0 aromatic heterocycles. The number of nitrogens with one attached hydrogen (secondary N) is 1. The summed E-state index contributed by atoms with van der Waals surface area (Å²) in [7, 11) is 4.14. The Bertz CT molecular complexity index is 454. The van der Waals surface area contributed by atoms with Crippen molar-refractivity contribution in [1.82, 2.24) is 10.2 Å². The number of nitrogens with zero attached hydrogens (tertiary/aromatic N) is 1. The van der Waals surface area contributed by atoms with Gasteiger partial charge in [0.15, 0.2) is 5.78 Å². The van der Waals surface area contributed by atoms with E-state index >= 15 is 0 Å². The average molecular weight is 274 g/mol. The molecule has 1 aliphatic rings. The summed E-state index contributed by atoms with van der Waals surface area (Å²) >= 11 is 0. The fourth-order valence-electron chi connectivity index (χ4n) is 2.73. The van der Waals surface area contributed by atoms with Crippen molar-refractivity contribution >= 4 is 5.78 Å². The summed E-state index contributed by atoms with van der Waals surface area (Å²) in [5, 5.41) is 3.24. The van der Waals surface area contributed by atoms with Gasteiger partial charge in [-0.25, -0.2) is 0 Å². The van der Waals surface area contributed by atoms with Gasteiger partial charge in [-0.15, -0.1) is 0 Å². The van der Waals surface area contributed by atoms with Crippen LogP contribution < -0.4 is 5.32 Å². The lowest BCUT2D eigenvalue weighted by molar-refractivity contribution is 0.0991. The summed E-state index contributed by atoms with van der Waals surface area (Å²) in [6.45, 7) is 2.40. The molecule has 0 radical (unpaired) electrons. The second kappa shape index (κ2) is 7.55. The number of carbonyl (C=O) groups excluding carboxylic acids is 1. The minimum atomic E-state index is 0.211. The normalized spacial score (nSPS) is 14.3. The molecule has 3 nitrogen and oxygen atoms in total. The topological polar surface area (TPSA) is 32.3 Å². The van der Waals surface area contributed by atoms with Gasteiger partial charge >= 0.3 is 0 Å². The molecule has 0 bridgehead atoms. The van der Waals surface area contributed by atoms with Crippen molar-refractivity contribution in [2.75, 3.05) is 33.7 Å². The van der Waals surface area contributed by atoms with Crippen LogP contribution in [0.1, 0.15) is 40.7 Å². The molecule has 3 heteroatoms. The van der Waals surface area contributed by atoms with E-state index < -0.39 is 0 Å². The van der Waals surface area contributed by atoms with Gasteiger partial charge in [0, 0.05) is 5.56 Å². The first-order valence-corrected chi connectivity index (χ1v) is 7.67. The molecule has 20 heavy (non-hydrogen) atoms. The average Bonchev–Trinajstić information content (AvgIpc) is 2.46. The number of fused-ring (bicyclic) bond motifs is 1. The number of hydrogen-bond acceptors (Lipinski definition) is 3. The molecule has 0 unspecified atom stereocenters. The van der Waals surface area contributed by atoms with E-state index in [-0.39, 0.29) is 5.78 Å². The van der Waals surface area contributed by atoms with Crippen molar-refractivity contribution in [2.45, 2.75) is 32.1 Å². The van der Waals surface area contributed by atoms with E-state index in [1.165, 1.54) is 30.4 Å². The van der Waals surface area contributed by atoms with Crippen molar-refractivity contribution in [3.05, 3.63) is 34.9 Å². The number of rotatable bonds is 7. The van der Waals surface area contributed by atoms with E-state index in [1.807, 2.05) is 6.07 Å². The fourth-order valence-corrected chi connectivity index (χ4v) is 2.73. The molecular formula is C17H26N2O. The van der Waals surface area contributed by atoms with Crippen LogP contribution in [0, 0.1) is 0 Å². The van der Waals surface area contributed by atoms with Crippen molar-refractivity contribution in [2.24, 2.45) is 0 Å². The number of carbonyl (C=O) groups is 1. The Morgan fingerprint density at radius 1 is 1.20 bits per heavy atom. The Labute approximate surface area is 122 Å². The van der Waals surface area contributed by atoms with Gasteiger partial charge in [-0.2, -0.15) is 0 Å². The second-order valence-electron chi connectivity index (χ2n) is 5.95. The van der Waals surface area contributed by atoms with Crippen LogP contribution in [0.15, 0.2) is 18.2 Å². The number of ketones is 1. The smallest absolute Gasteiger partial charge is 0.176 e. The van der Waals surface area contributed by atoms with Gasteiger partial charge in [0.2, 0.25) is 0 Å². The van der Waals surface area contributed by atoms with Crippen LogP contribution in [0.5, 0.6) is 0 Å². The van der Waals surface area contributed by atoms with Crippen LogP contribution >= 0.6 is 0 Å². The predicted octanol–water partition coefficient (Wildman–Crippen LogP) is 2.29. The van der Waals surface area contributed by atoms with Crippen LogP contribution in [-0.2, 0) is 12.8 Å². The summed E-state index contributed by atoms with van der Waals surface area (Å²) in [5.74, 6) is 0.211. The molecule has 0 amide bonds. The largest absolute Gasteiger partial charge is 0.310 e. The summed E-state index contributed by atoms with van der Waals surface area (Å²) < 4.78 is 0. The maximum absolute atomic E-state index is 12.2. The van der Waals surface area contributed by atoms with E-state index in [0.29, 0.717) is 6.54 Å². The molecule has 1 aliphatic carbocycles. The fraction of sp³-hybridized carbons (Fsp3) is 0.588. The molecule has 1 aromatic carbocycles. The van der Waals surface area contributed by atoms with E-state index in [1.54, 1.807) is 0 Å². The SMILES string of the molecule is CN(C)CCCNCC(=O)c1ccc2c(c1)CCCC2. The Morgan fingerprint density at radius 2 is 1.95 bits per heavy atom. The molecule has 1 N–H and O–H groups in total.